The van der Waals surface area contributed by atoms with Gasteiger partial charge in [-0.2, -0.15) is 8.78 Å². The first-order valence-corrected chi connectivity index (χ1v) is 9.10. The van der Waals surface area contributed by atoms with E-state index in [2.05, 4.69) is 15.0 Å². The summed E-state index contributed by atoms with van der Waals surface area (Å²) in [6.07, 6.45) is 0.901. The Kier molecular flexibility index (Phi) is 7.39. The molecule has 0 aliphatic carbocycles. The van der Waals surface area contributed by atoms with Gasteiger partial charge in [0.05, 0.1) is 4.43 Å². The van der Waals surface area contributed by atoms with Crippen molar-refractivity contribution in [1.29, 1.82) is 0 Å². The second kappa shape index (κ2) is 9.54. The Morgan fingerprint density at radius 1 is 1.39 bits per heavy atom. The van der Waals surface area contributed by atoms with Crippen LogP contribution in [0.5, 0.6) is 5.75 Å². The molecule has 1 heterocycles. The lowest BCUT2D eigenvalue weighted by molar-refractivity contribution is -0.134. The third-order valence-corrected chi connectivity index (χ3v) is 4.05. The molecule has 1 aromatic carbocycles. The molecule has 1 aliphatic rings. The number of carbonyl (C=O) groups excluding carboxylic acids is 1. The molecule has 0 saturated carbocycles. The lowest BCUT2D eigenvalue weighted by atomic mass is 10.2. The van der Waals surface area contributed by atoms with Crippen molar-refractivity contribution in [1.82, 2.24) is 10.3 Å². The van der Waals surface area contributed by atoms with E-state index in [0.29, 0.717) is 10.6 Å². The van der Waals surface area contributed by atoms with Gasteiger partial charge in [0.15, 0.2) is 11.6 Å². The van der Waals surface area contributed by atoms with Gasteiger partial charge in [-0.15, -0.1) is 0 Å². The molecule has 1 aliphatic heterocycles. The molecule has 0 bridgehead atoms. The Labute approximate surface area is 170 Å². The van der Waals surface area contributed by atoms with E-state index < -0.39 is 35.8 Å². The number of nitrogens with two attached hydrogens (primary N) is 1. The van der Waals surface area contributed by atoms with Crippen molar-refractivity contribution in [2.45, 2.75) is 13.2 Å². The topological polar surface area (TPSA) is 117 Å². The van der Waals surface area contributed by atoms with Crippen LogP contribution < -0.4 is 15.9 Å². The summed E-state index contributed by atoms with van der Waals surface area (Å²) >= 11 is 1.69. The summed E-state index contributed by atoms with van der Waals surface area (Å²) in [5.74, 6) is 1.89. The molecule has 1 aromatic rings. The number of alkyl halides is 3. The Bertz CT molecular complexity index is 873. The monoisotopic (exact) mass is 510 g/mol. The zero-order valence-corrected chi connectivity index (χ0v) is 16.2. The fourth-order valence-electron chi connectivity index (χ4n) is 2.15. The maximum absolute atomic E-state index is 14.0. The minimum Gasteiger partial charge on any atom is -0.477 e. The van der Waals surface area contributed by atoms with Crippen molar-refractivity contribution in [3.05, 3.63) is 53.2 Å². The SMILES string of the molecule is NN1C(C(=O)O)=CC(C(=O)NCc2cccc(OC(F)F)c2)=N/C1=C(\F)CI. The van der Waals surface area contributed by atoms with E-state index in [1.807, 2.05) is 0 Å². The molecule has 0 aromatic heterocycles. The van der Waals surface area contributed by atoms with Crippen LogP contribution >= 0.6 is 22.6 Å². The van der Waals surface area contributed by atoms with Crippen molar-refractivity contribution in [3.63, 3.8) is 0 Å². The number of nitrogens with zero attached hydrogens (tertiary/aromatic N) is 2. The summed E-state index contributed by atoms with van der Waals surface area (Å²) in [7, 11) is 0. The maximum atomic E-state index is 14.0. The van der Waals surface area contributed by atoms with Gasteiger partial charge in [-0.25, -0.2) is 20.0 Å². The van der Waals surface area contributed by atoms with Gasteiger partial charge in [-0.05, 0) is 17.7 Å². The highest BCUT2D eigenvalue weighted by atomic mass is 127. The first kappa shape index (κ1) is 21.7. The van der Waals surface area contributed by atoms with E-state index in [9.17, 15) is 27.9 Å². The van der Waals surface area contributed by atoms with Gasteiger partial charge in [-0.1, -0.05) is 34.7 Å². The molecule has 1 amide bonds. The number of hydrogen-bond donors (Lipinski definition) is 3. The minimum atomic E-state index is -2.99. The number of benzene rings is 1. The first-order valence-electron chi connectivity index (χ1n) is 7.58. The van der Waals surface area contributed by atoms with Gasteiger partial charge in [0.2, 0.25) is 0 Å². The summed E-state index contributed by atoms with van der Waals surface area (Å²) in [5, 5.41) is 12.2. The minimum absolute atomic E-state index is 0.0853. The molecular formula is C16H14F3IN4O4. The summed E-state index contributed by atoms with van der Waals surface area (Å²) in [4.78, 5) is 27.4. The number of halogens is 4. The molecule has 4 N–H and O–H groups in total. The van der Waals surface area contributed by atoms with E-state index in [-0.39, 0.29) is 22.4 Å². The van der Waals surface area contributed by atoms with Crippen LogP contribution in [0.25, 0.3) is 0 Å². The van der Waals surface area contributed by atoms with Gasteiger partial charge >= 0.3 is 12.6 Å². The van der Waals surface area contributed by atoms with Crippen LogP contribution in [0.2, 0.25) is 0 Å². The van der Waals surface area contributed by atoms with Gasteiger partial charge in [0, 0.05) is 12.6 Å². The van der Waals surface area contributed by atoms with Gasteiger partial charge in [-0.3, -0.25) is 9.80 Å². The van der Waals surface area contributed by atoms with E-state index in [4.69, 9.17) is 5.84 Å². The van der Waals surface area contributed by atoms with E-state index in [1.165, 1.54) is 18.2 Å². The number of allylic oxidation sites excluding steroid dienone is 1. The standard InChI is InChI=1S/C16H14F3IN4O4/c17-10(6-20)13-23-11(5-12(15(26)27)24(13)21)14(25)22-7-8-2-1-3-9(4-8)28-16(18)19/h1-5,16H,6-7,21H2,(H,22,25)(H,26,27)/b13-10+. The number of hydrogen-bond acceptors (Lipinski definition) is 6. The first-order chi connectivity index (χ1) is 13.2. The zero-order chi connectivity index (χ0) is 20.8. The molecule has 0 radical (unpaired) electrons. The fraction of sp³-hybridized carbons (Fsp3) is 0.188. The highest BCUT2D eigenvalue weighted by molar-refractivity contribution is 14.1. The number of carboxylic acid groups (broad SMARTS) is 1. The summed E-state index contributed by atoms with van der Waals surface area (Å²) in [5.41, 5.74) is -0.462. The van der Waals surface area contributed by atoms with Gasteiger partial charge < -0.3 is 15.2 Å². The predicted molar refractivity (Wildman–Crippen MR) is 101 cm³/mol. The van der Waals surface area contributed by atoms with Crippen molar-refractivity contribution >= 4 is 40.2 Å². The summed E-state index contributed by atoms with van der Waals surface area (Å²) in [6, 6.07) is 5.64. The van der Waals surface area contributed by atoms with E-state index >= 15 is 0 Å². The quantitative estimate of drug-likeness (QED) is 0.294. The number of aliphatic imine (C=N–C) groups is 1. The van der Waals surface area contributed by atoms with Crippen molar-refractivity contribution in [2.75, 3.05) is 4.43 Å². The van der Waals surface area contributed by atoms with E-state index in [0.717, 1.165) is 6.08 Å². The zero-order valence-electron chi connectivity index (χ0n) is 14.0. The van der Waals surface area contributed by atoms with Crippen LogP contribution in [0.1, 0.15) is 5.56 Å². The number of amides is 1. The fourth-order valence-corrected chi connectivity index (χ4v) is 2.49. The Hall–Kier alpha value is -2.61. The molecule has 8 nitrogen and oxygen atoms in total. The molecule has 0 fully saturated rings. The molecule has 150 valence electrons. The van der Waals surface area contributed by atoms with Crippen LogP contribution in [-0.2, 0) is 16.1 Å². The van der Waals surface area contributed by atoms with Crippen LogP contribution in [0.4, 0.5) is 13.2 Å². The number of aliphatic carboxylic acids is 1. The van der Waals surface area contributed by atoms with Crippen LogP contribution in [0.15, 0.2) is 52.7 Å². The van der Waals surface area contributed by atoms with E-state index in [1.54, 1.807) is 28.7 Å². The number of ether oxygens (including phenoxy) is 1. The van der Waals surface area contributed by atoms with Crippen LogP contribution in [0.3, 0.4) is 0 Å². The molecule has 0 atom stereocenters. The number of hydrazine groups is 1. The van der Waals surface area contributed by atoms with Crippen molar-refractivity contribution in [3.8, 4) is 5.75 Å². The molecule has 28 heavy (non-hydrogen) atoms. The Balaban J connectivity index is 2.19. The average molecular weight is 510 g/mol. The van der Waals surface area contributed by atoms with Crippen LogP contribution in [-0.4, -0.2) is 38.7 Å². The van der Waals surface area contributed by atoms with Gasteiger partial charge in [0.25, 0.3) is 5.91 Å². The smallest absolute Gasteiger partial charge is 0.387 e. The Morgan fingerprint density at radius 3 is 2.71 bits per heavy atom. The largest absolute Gasteiger partial charge is 0.477 e. The Morgan fingerprint density at radius 2 is 2.11 bits per heavy atom. The third-order valence-electron chi connectivity index (χ3n) is 3.38. The maximum Gasteiger partial charge on any atom is 0.387 e. The summed E-state index contributed by atoms with van der Waals surface area (Å²) < 4.78 is 42.6. The molecule has 2 rings (SSSR count). The van der Waals surface area contributed by atoms with Crippen molar-refractivity contribution in [2.24, 2.45) is 10.8 Å². The highest BCUT2D eigenvalue weighted by Crippen LogP contribution is 2.22. The molecule has 0 unspecified atom stereocenters. The number of carbonyl (C=O) groups is 2. The molecule has 0 spiro atoms. The van der Waals surface area contributed by atoms with Crippen LogP contribution in [0, 0.1) is 0 Å². The predicted octanol–water partition coefficient (Wildman–Crippen LogP) is 2.08. The number of carboxylic acids is 1. The lowest BCUT2D eigenvalue weighted by Crippen LogP contribution is -2.40. The third kappa shape index (κ3) is 5.45. The normalized spacial score (nSPS) is 15.7. The molecule has 0 saturated heterocycles. The second-order valence-electron chi connectivity index (χ2n) is 5.27. The average Bonchev–Trinajstić information content (AvgIpc) is 2.65. The molecular weight excluding hydrogens is 496 g/mol. The van der Waals surface area contributed by atoms with Gasteiger partial charge in [0.1, 0.15) is 17.2 Å². The number of nitrogens with one attached hydrogen (secondary N) is 1. The van der Waals surface area contributed by atoms with Crippen molar-refractivity contribution < 1.29 is 32.6 Å². The number of rotatable bonds is 7. The summed E-state index contributed by atoms with van der Waals surface area (Å²) in [6.45, 7) is -3.08. The lowest BCUT2D eigenvalue weighted by Gasteiger charge is -2.24. The second-order valence-corrected chi connectivity index (χ2v) is 6.04. The molecule has 12 heteroatoms. The highest BCUT2D eigenvalue weighted by Gasteiger charge is 2.28.